The quantitative estimate of drug-likeness (QED) is 0.795. The fourth-order valence-corrected chi connectivity index (χ4v) is 4.72. The predicted molar refractivity (Wildman–Crippen MR) is 97.8 cm³/mol. The van der Waals surface area contributed by atoms with Crippen molar-refractivity contribution >= 4 is 5.78 Å². The minimum atomic E-state index is -0.0594. The largest absolute Gasteiger partial charge is 0.497 e. The molecule has 4 rings (SSSR count). The van der Waals surface area contributed by atoms with Crippen LogP contribution in [0.2, 0.25) is 0 Å². The summed E-state index contributed by atoms with van der Waals surface area (Å²) in [5.41, 5.74) is 3.18. The van der Waals surface area contributed by atoms with Crippen LogP contribution in [0.3, 0.4) is 0 Å². The minimum Gasteiger partial charge on any atom is -0.497 e. The molecule has 1 fully saturated rings. The van der Waals surface area contributed by atoms with E-state index in [1.54, 1.807) is 14.2 Å². The Morgan fingerprint density at radius 1 is 0.880 bits per heavy atom. The summed E-state index contributed by atoms with van der Waals surface area (Å²) in [6.07, 6.45) is 4.76. The average Bonchev–Trinajstić information content (AvgIpc) is 2.68. The van der Waals surface area contributed by atoms with E-state index >= 15 is 0 Å². The van der Waals surface area contributed by atoms with E-state index in [-0.39, 0.29) is 11.7 Å². The van der Waals surface area contributed by atoms with Crippen LogP contribution in [0.1, 0.15) is 59.0 Å². The summed E-state index contributed by atoms with van der Waals surface area (Å²) in [6, 6.07) is 14.1. The van der Waals surface area contributed by atoms with Gasteiger partial charge in [-0.3, -0.25) is 4.79 Å². The number of carbonyl (C=O) groups excluding carboxylic acids is 1. The molecule has 130 valence electrons. The molecule has 0 heterocycles. The molecule has 3 atom stereocenters. The zero-order chi connectivity index (χ0) is 17.4. The highest BCUT2D eigenvalue weighted by atomic mass is 16.5. The maximum Gasteiger partial charge on any atom is 0.171 e. The van der Waals surface area contributed by atoms with Crippen LogP contribution in [0, 0.1) is 5.92 Å². The molecule has 1 unspecified atom stereocenters. The molecule has 0 aliphatic heterocycles. The number of fused-ring (bicyclic) bond motifs is 3. The summed E-state index contributed by atoms with van der Waals surface area (Å²) < 4.78 is 10.6. The lowest BCUT2D eigenvalue weighted by Gasteiger charge is -2.42. The van der Waals surface area contributed by atoms with Crippen LogP contribution in [0.4, 0.5) is 0 Å². The summed E-state index contributed by atoms with van der Waals surface area (Å²) in [5.74, 6) is 2.64. The number of ether oxygens (including phenoxy) is 2. The summed E-state index contributed by atoms with van der Waals surface area (Å²) in [7, 11) is 3.32. The zero-order valence-corrected chi connectivity index (χ0v) is 14.8. The molecular weight excluding hydrogens is 312 g/mol. The van der Waals surface area contributed by atoms with Crippen molar-refractivity contribution in [3.8, 4) is 11.5 Å². The van der Waals surface area contributed by atoms with E-state index in [4.69, 9.17) is 9.47 Å². The molecule has 25 heavy (non-hydrogen) atoms. The van der Waals surface area contributed by atoms with Crippen LogP contribution >= 0.6 is 0 Å². The number of Topliss-reactive ketones (excluding diaryl/α,β-unsaturated/α-hetero) is 1. The molecule has 2 aromatic rings. The van der Waals surface area contributed by atoms with Gasteiger partial charge in [0.1, 0.15) is 11.5 Å². The van der Waals surface area contributed by atoms with Crippen LogP contribution in [-0.4, -0.2) is 20.0 Å². The fraction of sp³-hybridized carbons (Fsp3) is 0.409. The van der Waals surface area contributed by atoms with Gasteiger partial charge in [0.15, 0.2) is 5.78 Å². The van der Waals surface area contributed by atoms with Crippen LogP contribution in [0.25, 0.3) is 0 Å². The number of hydrogen-bond acceptors (Lipinski definition) is 3. The Morgan fingerprint density at radius 3 is 2.28 bits per heavy atom. The number of rotatable bonds is 3. The van der Waals surface area contributed by atoms with Gasteiger partial charge in [0, 0.05) is 5.56 Å². The van der Waals surface area contributed by atoms with Crippen molar-refractivity contribution in [3.05, 3.63) is 59.2 Å². The van der Waals surface area contributed by atoms with E-state index in [9.17, 15) is 4.79 Å². The Kier molecular flexibility index (Phi) is 4.24. The Hall–Kier alpha value is -2.29. The van der Waals surface area contributed by atoms with Crippen LogP contribution in [0.5, 0.6) is 11.5 Å². The van der Waals surface area contributed by atoms with E-state index < -0.39 is 0 Å². The SMILES string of the molecule is COc1ccc(C2C(=O)c3cc(OC)ccc3[C@@H]3CCCC[C@H]23)cc1. The van der Waals surface area contributed by atoms with Crippen LogP contribution < -0.4 is 9.47 Å². The molecule has 2 aliphatic carbocycles. The van der Waals surface area contributed by atoms with Crippen molar-refractivity contribution in [1.29, 1.82) is 0 Å². The van der Waals surface area contributed by atoms with Gasteiger partial charge in [-0.15, -0.1) is 0 Å². The molecule has 0 spiro atoms. The standard InChI is InChI=1S/C22H24O3/c1-24-15-9-7-14(8-10-15)21-19-6-4-3-5-17(19)18-12-11-16(25-2)13-20(18)22(21)23/h7-13,17,19,21H,3-6H2,1-2H3/t17-,19-,21?/m0/s1. The monoisotopic (exact) mass is 336 g/mol. The number of ketones is 1. The van der Waals surface area contributed by atoms with Crippen molar-refractivity contribution in [2.24, 2.45) is 5.92 Å². The van der Waals surface area contributed by atoms with E-state index in [0.29, 0.717) is 11.8 Å². The van der Waals surface area contributed by atoms with Crippen molar-refractivity contribution in [3.63, 3.8) is 0 Å². The Morgan fingerprint density at radius 2 is 1.56 bits per heavy atom. The topological polar surface area (TPSA) is 35.5 Å². The maximum absolute atomic E-state index is 13.4. The Bertz CT molecular complexity index is 778. The molecule has 3 nitrogen and oxygen atoms in total. The van der Waals surface area contributed by atoms with Gasteiger partial charge < -0.3 is 9.47 Å². The first-order chi connectivity index (χ1) is 12.2. The number of methoxy groups -OCH3 is 2. The summed E-state index contributed by atoms with van der Waals surface area (Å²) in [6.45, 7) is 0. The van der Waals surface area contributed by atoms with E-state index in [1.807, 2.05) is 24.3 Å². The lowest BCUT2D eigenvalue weighted by Crippen LogP contribution is -2.35. The molecule has 2 aromatic carbocycles. The third kappa shape index (κ3) is 2.72. The van der Waals surface area contributed by atoms with Gasteiger partial charge in [-0.05, 0) is 60.1 Å². The maximum atomic E-state index is 13.4. The fourth-order valence-electron chi connectivity index (χ4n) is 4.72. The zero-order valence-electron chi connectivity index (χ0n) is 14.8. The molecule has 0 amide bonds. The molecular formula is C22H24O3. The number of hydrogen-bond donors (Lipinski definition) is 0. The third-order valence-electron chi connectivity index (χ3n) is 5.93. The summed E-state index contributed by atoms with van der Waals surface area (Å²) in [4.78, 5) is 13.4. The second-order valence-corrected chi connectivity index (χ2v) is 7.12. The first kappa shape index (κ1) is 16.2. The molecule has 2 aliphatic rings. The Balaban J connectivity index is 1.81. The Labute approximate surface area is 149 Å². The first-order valence-corrected chi connectivity index (χ1v) is 9.09. The van der Waals surface area contributed by atoms with Crippen LogP contribution in [0.15, 0.2) is 42.5 Å². The molecule has 0 saturated heterocycles. The van der Waals surface area contributed by atoms with Crippen molar-refractivity contribution in [2.75, 3.05) is 14.2 Å². The van der Waals surface area contributed by atoms with Crippen molar-refractivity contribution < 1.29 is 14.3 Å². The van der Waals surface area contributed by atoms with Gasteiger partial charge in [0.05, 0.1) is 20.1 Å². The predicted octanol–water partition coefficient (Wildman–Crippen LogP) is 4.96. The van der Waals surface area contributed by atoms with Crippen molar-refractivity contribution in [2.45, 2.75) is 37.5 Å². The second kappa shape index (κ2) is 6.55. The summed E-state index contributed by atoms with van der Waals surface area (Å²) >= 11 is 0. The van der Waals surface area contributed by atoms with E-state index in [0.717, 1.165) is 29.0 Å². The smallest absolute Gasteiger partial charge is 0.171 e. The molecule has 1 saturated carbocycles. The lowest BCUT2D eigenvalue weighted by molar-refractivity contribution is 0.0873. The molecule has 0 aromatic heterocycles. The second-order valence-electron chi connectivity index (χ2n) is 7.12. The third-order valence-corrected chi connectivity index (χ3v) is 5.93. The lowest BCUT2D eigenvalue weighted by atomic mass is 9.61. The van der Waals surface area contributed by atoms with Gasteiger partial charge >= 0.3 is 0 Å². The summed E-state index contributed by atoms with van der Waals surface area (Å²) in [5, 5.41) is 0. The van der Waals surface area contributed by atoms with E-state index in [1.165, 1.54) is 24.8 Å². The highest BCUT2D eigenvalue weighted by Crippen LogP contribution is 2.51. The highest BCUT2D eigenvalue weighted by molar-refractivity contribution is 6.04. The van der Waals surface area contributed by atoms with E-state index in [2.05, 4.69) is 18.2 Å². The van der Waals surface area contributed by atoms with Crippen molar-refractivity contribution in [1.82, 2.24) is 0 Å². The molecule has 0 radical (unpaired) electrons. The number of benzene rings is 2. The first-order valence-electron chi connectivity index (χ1n) is 9.09. The van der Waals surface area contributed by atoms with Gasteiger partial charge in [0.25, 0.3) is 0 Å². The number of carbonyl (C=O) groups is 1. The van der Waals surface area contributed by atoms with Gasteiger partial charge in [0.2, 0.25) is 0 Å². The highest BCUT2D eigenvalue weighted by Gasteiger charge is 2.43. The average molecular weight is 336 g/mol. The van der Waals surface area contributed by atoms with Gasteiger partial charge in [-0.2, -0.15) is 0 Å². The molecule has 3 heteroatoms. The van der Waals surface area contributed by atoms with Gasteiger partial charge in [-0.1, -0.05) is 31.0 Å². The van der Waals surface area contributed by atoms with Gasteiger partial charge in [-0.25, -0.2) is 0 Å². The molecule has 0 bridgehead atoms. The molecule has 0 N–H and O–H groups in total. The van der Waals surface area contributed by atoms with Crippen LogP contribution in [-0.2, 0) is 0 Å². The minimum absolute atomic E-state index is 0.0594. The normalized spacial score (nSPS) is 25.0.